The highest BCUT2D eigenvalue weighted by atomic mass is 19.4. The van der Waals surface area contributed by atoms with E-state index in [0.29, 0.717) is 17.6 Å². The number of hydrogen-bond donors (Lipinski definition) is 0. The average molecular weight is 348 g/mol. The number of nitrogens with zero attached hydrogens (tertiary/aromatic N) is 2. The maximum atomic E-state index is 12.7. The molecule has 0 fully saturated rings. The fourth-order valence-corrected chi connectivity index (χ4v) is 2.98. The van der Waals surface area contributed by atoms with Gasteiger partial charge >= 0.3 is 17.8 Å². The Morgan fingerprint density at radius 2 is 1.92 bits per heavy atom. The van der Waals surface area contributed by atoms with Gasteiger partial charge in [0.1, 0.15) is 11.3 Å². The van der Waals surface area contributed by atoms with E-state index in [1.165, 1.54) is 6.07 Å². The van der Waals surface area contributed by atoms with E-state index in [4.69, 9.17) is 9.15 Å². The molecule has 2 heterocycles. The third kappa shape index (κ3) is 2.84. The van der Waals surface area contributed by atoms with Crippen LogP contribution in [0.3, 0.4) is 0 Å². The molecule has 25 heavy (non-hydrogen) atoms. The minimum Gasteiger partial charge on any atom is -0.424 e. The van der Waals surface area contributed by atoms with Gasteiger partial charge in [-0.1, -0.05) is 0 Å². The average Bonchev–Trinajstić information content (AvgIpc) is 3.05. The molecule has 5 nitrogen and oxygen atoms in total. The van der Waals surface area contributed by atoms with Gasteiger partial charge in [-0.15, -0.1) is 0 Å². The van der Waals surface area contributed by atoms with E-state index in [9.17, 15) is 18.0 Å². The van der Waals surface area contributed by atoms with Crippen LogP contribution >= 0.6 is 0 Å². The maximum Gasteiger partial charge on any atom is 0.433 e. The molecule has 4 rings (SSSR count). The lowest BCUT2D eigenvalue weighted by Gasteiger charge is -2.09. The minimum atomic E-state index is -4.59. The maximum absolute atomic E-state index is 12.7. The van der Waals surface area contributed by atoms with Gasteiger partial charge < -0.3 is 9.15 Å². The quantitative estimate of drug-likeness (QED) is 0.658. The van der Waals surface area contributed by atoms with Gasteiger partial charge in [-0.05, 0) is 43.0 Å². The molecule has 8 heteroatoms. The van der Waals surface area contributed by atoms with Crippen LogP contribution in [0, 0.1) is 0 Å². The van der Waals surface area contributed by atoms with Crippen LogP contribution in [0.25, 0.3) is 11.0 Å². The third-order valence-corrected chi connectivity index (χ3v) is 4.08. The van der Waals surface area contributed by atoms with Gasteiger partial charge in [0.25, 0.3) is 0 Å². The normalized spacial score (nSPS) is 13.9. The highest BCUT2D eigenvalue weighted by Gasteiger charge is 2.33. The Morgan fingerprint density at radius 3 is 2.72 bits per heavy atom. The molecule has 0 radical (unpaired) electrons. The lowest BCUT2D eigenvalue weighted by Crippen LogP contribution is -2.09. The van der Waals surface area contributed by atoms with E-state index in [1.807, 2.05) is 0 Å². The Hall–Kier alpha value is -2.90. The topological polar surface area (TPSA) is 65.2 Å². The molecule has 128 valence electrons. The molecule has 2 aromatic heterocycles. The van der Waals surface area contributed by atoms with Crippen molar-refractivity contribution in [1.29, 1.82) is 0 Å². The van der Waals surface area contributed by atoms with Gasteiger partial charge in [-0.3, -0.25) is 0 Å². The van der Waals surface area contributed by atoms with Gasteiger partial charge in [0.15, 0.2) is 5.69 Å². The van der Waals surface area contributed by atoms with Gasteiger partial charge in [-0.25, -0.2) is 9.78 Å². The second kappa shape index (κ2) is 5.58. The number of hydrogen-bond acceptors (Lipinski definition) is 5. The van der Waals surface area contributed by atoms with Crippen LogP contribution in [-0.4, -0.2) is 9.97 Å². The van der Waals surface area contributed by atoms with Gasteiger partial charge in [0, 0.05) is 23.2 Å². The van der Waals surface area contributed by atoms with Crippen LogP contribution in [0.4, 0.5) is 13.2 Å². The largest absolute Gasteiger partial charge is 0.433 e. The lowest BCUT2D eigenvalue weighted by atomic mass is 10.1. The smallest absolute Gasteiger partial charge is 0.424 e. The number of aryl methyl sites for hydroxylation is 1. The summed E-state index contributed by atoms with van der Waals surface area (Å²) < 4.78 is 48.7. The molecule has 0 saturated carbocycles. The van der Waals surface area contributed by atoms with Gasteiger partial charge in [0.2, 0.25) is 0 Å². The molecule has 0 unspecified atom stereocenters. The summed E-state index contributed by atoms with van der Waals surface area (Å²) >= 11 is 0. The molecule has 0 atom stereocenters. The summed E-state index contributed by atoms with van der Waals surface area (Å²) in [5.74, 6) is 0.188. The van der Waals surface area contributed by atoms with Crippen molar-refractivity contribution in [2.75, 3.05) is 0 Å². The summed E-state index contributed by atoms with van der Waals surface area (Å²) in [5.41, 5.74) is 0.515. The molecular weight excluding hydrogens is 337 g/mol. The highest BCUT2D eigenvalue weighted by molar-refractivity contribution is 5.83. The Balaban J connectivity index is 1.72. The first kappa shape index (κ1) is 15.6. The van der Waals surface area contributed by atoms with Crippen molar-refractivity contribution in [3.63, 3.8) is 0 Å². The zero-order chi connectivity index (χ0) is 17.6. The summed E-state index contributed by atoms with van der Waals surface area (Å²) in [4.78, 5) is 19.0. The van der Waals surface area contributed by atoms with Gasteiger partial charge in [-0.2, -0.15) is 18.2 Å². The molecule has 0 saturated heterocycles. The van der Waals surface area contributed by atoms with Crippen molar-refractivity contribution in [2.24, 2.45) is 0 Å². The first-order valence-electron chi connectivity index (χ1n) is 7.58. The number of fused-ring (bicyclic) bond motifs is 3. The summed E-state index contributed by atoms with van der Waals surface area (Å²) in [6, 6.07) is 5.10. The van der Waals surface area contributed by atoms with Crippen molar-refractivity contribution < 1.29 is 22.3 Å². The SMILES string of the molecule is O=c1oc2cc(Oc3nccc(C(F)(F)F)n3)ccc2c2c1CCC2. The van der Waals surface area contributed by atoms with Crippen molar-refractivity contribution in [2.45, 2.75) is 25.4 Å². The Bertz CT molecular complexity index is 1030. The third-order valence-electron chi connectivity index (χ3n) is 4.08. The number of benzene rings is 1. The second-order valence-corrected chi connectivity index (χ2v) is 5.68. The van der Waals surface area contributed by atoms with E-state index in [2.05, 4.69) is 9.97 Å². The second-order valence-electron chi connectivity index (χ2n) is 5.68. The lowest BCUT2D eigenvalue weighted by molar-refractivity contribution is -0.141. The summed E-state index contributed by atoms with van der Waals surface area (Å²) in [5, 5.41) is 0.810. The molecule has 0 aliphatic heterocycles. The van der Waals surface area contributed by atoms with Crippen LogP contribution in [0.1, 0.15) is 23.2 Å². The summed E-state index contributed by atoms with van der Waals surface area (Å²) in [6.07, 6.45) is -1.22. The Labute approximate surface area is 139 Å². The minimum absolute atomic E-state index is 0.188. The van der Waals surface area contributed by atoms with Crippen molar-refractivity contribution in [3.8, 4) is 11.8 Å². The van der Waals surface area contributed by atoms with Gasteiger partial charge in [0.05, 0.1) is 0 Å². The van der Waals surface area contributed by atoms with Crippen LogP contribution in [0.5, 0.6) is 11.8 Å². The van der Waals surface area contributed by atoms with Crippen LogP contribution in [-0.2, 0) is 19.0 Å². The van der Waals surface area contributed by atoms with Crippen molar-refractivity contribution in [3.05, 3.63) is 57.7 Å². The number of rotatable bonds is 2. The number of halogens is 3. The first-order chi connectivity index (χ1) is 11.9. The van der Waals surface area contributed by atoms with Crippen LogP contribution in [0.2, 0.25) is 0 Å². The van der Waals surface area contributed by atoms with Crippen LogP contribution < -0.4 is 10.4 Å². The summed E-state index contributed by atoms with van der Waals surface area (Å²) in [7, 11) is 0. The van der Waals surface area contributed by atoms with Crippen molar-refractivity contribution in [1.82, 2.24) is 9.97 Å². The van der Waals surface area contributed by atoms with E-state index < -0.39 is 17.9 Å². The fraction of sp³-hybridized carbons (Fsp3) is 0.235. The molecule has 0 N–H and O–H groups in total. The fourth-order valence-electron chi connectivity index (χ4n) is 2.98. The molecule has 3 aromatic rings. The zero-order valence-corrected chi connectivity index (χ0v) is 12.8. The number of ether oxygens (including phenoxy) is 1. The Morgan fingerprint density at radius 1 is 1.12 bits per heavy atom. The van der Waals surface area contributed by atoms with E-state index >= 15 is 0 Å². The molecule has 1 aromatic carbocycles. The van der Waals surface area contributed by atoms with Crippen molar-refractivity contribution >= 4 is 11.0 Å². The van der Waals surface area contributed by atoms with E-state index in [1.54, 1.807) is 12.1 Å². The molecule has 1 aliphatic rings. The predicted octanol–water partition coefficient (Wildman–Crippen LogP) is 3.88. The molecule has 0 spiro atoms. The standard InChI is InChI=1S/C17H11F3N2O3/c18-17(19,20)14-6-7-21-16(22-14)24-9-4-5-11-10-2-1-3-12(10)15(23)25-13(11)8-9/h4-8H,1-3H2. The highest BCUT2D eigenvalue weighted by Crippen LogP contribution is 2.32. The molecule has 0 amide bonds. The van der Waals surface area contributed by atoms with E-state index in [0.717, 1.165) is 36.1 Å². The predicted molar refractivity (Wildman–Crippen MR) is 81.6 cm³/mol. The summed E-state index contributed by atoms with van der Waals surface area (Å²) in [6.45, 7) is 0. The Kier molecular flexibility index (Phi) is 3.48. The molecule has 0 bridgehead atoms. The first-order valence-corrected chi connectivity index (χ1v) is 7.58. The number of alkyl halides is 3. The molecular formula is C17H11F3N2O3. The zero-order valence-electron chi connectivity index (χ0n) is 12.8. The van der Waals surface area contributed by atoms with E-state index in [-0.39, 0.29) is 11.4 Å². The number of aromatic nitrogens is 2. The monoisotopic (exact) mass is 348 g/mol. The van der Waals surface area contributed by atoms with Crippen LogP contribution in [0.15, 0.2) is 39.7 Å². The molecule has 1 aliphatic carbocycles.